The van der Waals surface area contributed by atoms with E-state index in [0.717, 1.165) is 29.1 Å². The summed E-state index contributed by atoms with van der Waals surface area (Å²) >= 11 is 0. The van der Waals surface area contributed by atoms with E-state index in [1.165, 1.54) is 17.2 Å². The van der Waals surface area contributed by atoms with Gasteiger partial charge >= 0.3 is 21.1 Å². The molecule has 152 valence electrons. The summed E-state index contributed by atoms with van der Waals surface area (Å²) < 4.78 is 1.64. The summed E-state index contributed by atoms with van der Waals surface area (Å²) in [6.45, 7) is 13.8. The maximum Gasteiger partial charge on any atom is 2.00 e. The van der Waals surface area contributed by atoms with Gasteiger partial charge in [0.25, 0.3) is 0 Å². The number of rotatable bonds is 0. The third kappa shape index (κ3) is 4.92. The van der Waals surface area contributed by atoms with E-state index in [4.69, 9.17) is 0 Å². The molecule has 3 aromatic rings. The fraction of sp³-hybridized carbons (Fsp3) is 0.333. The van der Waals surface area contributed by atoms with Crippen molar-refractivity contribution in [1.29, 1.82) is 0 Å². The maximum absolute atomic E-state index is 4.42. The van der Waals surface area contributed by atoms with Crippen LogP contribution in [0.2, 0.25) is 0 Å². The van der Waals surface area contributed by atoms with Gasteiger partial charge in [-0.05, 0) is 43.7 Å². The van der Waals surface area contributed by atoms with Crippen LogP contribution in [0.1, 0.15) is 47.1 Å². The van der Waals surface area contributed by atoms with Gasteiger partial charge in [-0.1, -0.05) is 53.2 Å². The van der Waals surface area contributed by atoms with E-state index in [0.29, 0.717) is 0 Å². The average Bonchev–Trinajstić information content (AvgIpc) is 2.98. The van der Waals surface area contributed by atoms with Gasteiger partial charge in [0, 0.05) is 23.5 Å². The van der Waals surface area contributed by atoms with E-state index in [2.05, 4.69) is 112 Å². The predicted molar refractivity (Wildman–Crippen MR) is 118 cm³/mol. The van der Waals surface area contributed by atoms with Crippen LogP contribution in [0.5, 0.6) is 0 Å². The third-order valence-corrected chi connectivity index (χ3v) is 4.60. The molecule has 0 atom stereocenters. The minimum atomic E-state index is -0.0137. The van der Waals surface area contributed by atoms with Crippen LogP contribution in [0.3, 0.4) is 0 Å². The van der Waals surface area contributed by atoms with E-state index >= 15 is 0 Å². The number of aromatic nitrogens is 3. The molecule has 0 unspecified atom stereocenters. The maximum atomic E-state index is 4.42. The SMILES string of the molecule is C[C-](C)C.[CH2-]n1nnc2c1-c1ccccc1N(C(C)(C)C)Cc1ccccc1-2.[W+2]. The number of benzene rings is 2. The molecule has 2 heterocycles. The van der Waals surface area contributed by atoms with Gasteiger partial charge in [-0.2, -0.15) is 32.9 Å². The van der Waals surface area contributed by atoms with E-state index in [1.54, 1.807) is 4.68 Å². The van der Waals surface area contributed by atoms with Crippen molar-refractivity contribution in [2.45, 2.75) is 53.6 Å². The van der Waals surface area contributed by atoms with Gasteiger partial charge in [0.15, 0.2) is 0 Å². The molecule has 4 rings (SSSR count). The molecule has 2 aromatic carbocycles. The van der Waals surface area contributed by atoms with E-state index in [9.17, 15) is 0 Å². The summed E-state index contributed by atoms with van der Waals surface area (Å²) in [6, 6.07) is 16.9. The van der Waals surface area contributed by atoms with Crippen molar-refractivity contribution in [3.05, 3.63) is 67.1 Å². The zero-order valence-electron chi connectivity index (χ0n) is 18.2. The van der Waals surface area contributed by atoms with Crippen LogP contribution in [-0.2, 0) is 27.6 Å². The Morgan fingerprint density at radius 2 is 1.48 bits per heavy atom. The van der Waals surface area contributed by atoms with Gasteiger partial charge < -0.3 is 15.5 Å². The quantitative estimate of drug-likeness (QED) is 0.318. The zero-order chi connectivity index (χ0) is 20.5. The molecule has 29 heavy (non-hydrogen) atoms. The molecule has 0 saturated heterocycles. The second-order valence-corrected chi connectivity index (χ2v) is 8.72. The first kappa shape index (κ1) is 23.2. The summed E-state index contributed by atoms with van der Waals surface area (Å²) in [6.07, 6.45) is 0. The van der Waals surface area contributed by atoms with Crippen molar-refractivity contribution in [3.8, 4) is 22.5 Å². The number of fused-ring (bicyclic) bond motifs is 5. The first-order valence-electron chi connectivity index (χ1n) is 9.69. The Morgan fingerprint density at radius 3 is 2.10 bits per heavy atom. The third-order valence-electron chi connectivity index (χ3n) is 4.60. The second kappa shape index (κ2) is 9.17. The Kier molecular flexibility index (Phi) is 7.34. The van der Waals surface area contributed by atoms with Crippen LogP contribution < -0.4 is 4.90 Å². The summed E-state index contributed by atoms with van der Waals surface area (Å²) in [5.74, 6) is 1.42. The van der Waals surface area contributed by atoms with Crippen LogP contribution in [0.25, 0.3) is 22.5 Å². The molecular formula is C24H30N4W. The van der Waals surface area contributed by atoms with Gasteiger partial charge in [0.1, 0.15) is 0 Å². The fourth-order valence-electron chi connectivity index (χ4n) is 3.41. The van der Waals surface area contributed by atoms with Crippen molar-refractivity contribution in [2.75, 3.05) is 4.90 Å². The van der Waals surface area contributed by atoms with Gasteiger partial charge in [0.2, 0.25) is 0 Å². The minimum Gasteiger partial charge on any atom is -0.380 e. The molecule has 1 aliphatic rings. The summed E-state index contributed by atoms with van der Waals surface area (Å²) in [4.78, 5) is 2.44. The topological polar surface area (TPSA) is 34.0 Å². The number of nitrogens with zero attached hydrogens (tertiary/aromatic N) is 4. The number of anilines is 1. The molecule has 0 amide bonds. The smallest absolute Gasteiger partial charge is 0.380 e. The van der Waals surface area contributed by atoms with Crippen molar-refractivity contribution in [3.63, 3.8) is 0 Å². The zero-order valence-corrected chi connectivity index (χ0v) is 21.2. The van der Waals surface area contributed by atoms with Gasteiger partial charge in [0.05, 0.1) is 0 Å². The molecule has 0 spiro atoms. The molecule has 4 nitrogen and oxygen atoms in total. The molecule has 0 bridgehead atoms. The summed E-state index contributed by atoms with van der Waals surface area (Å²) in [5, 5.41) is 8.62. The molecule has 0 saturated carbocycles. The predicted octanol–water partition coefficient (Wildman–Crippen LogP) is 5.99. The van der Waals surface area contributed by atoms with Crippen molar-refractivity contribution < 1.29 is 21.1 Å². The van der Waals surface area contributed by atoms with Gasteiger partial charge in [-0.15, -0.1) is 0 Å². The van der Waals surface area contributed by atoms with Crippen LogP contribution in [-0.4, -0.2) is 20.5 Å². The molecule has 1 aromatic heterocycles. The second-order valence-electron chi connectivity index (χ2n) is 8.72. The first-order chi connectivity index (χ1) is 13.2. The molecule has 0 N–H and O–H groups in total. The number of hydrogen-bond donors (Lipinski definition) is 0. The van der Waals surface area contributed by atoms with Crippen LogP contribution in [0.15, 0.2) is 48.5 Å². The Labute approximate surface area is 189 Å². The van der Waals surface area contributed by atoms with E-state index < -0.39 is 0 Å². The number of hydrogen-bond acceptors (Lipinski definition) is 3. The van der Waals surface area contributed by atoms with Crippen LogP contribution >= 0.6 is 0 Å². The molecule has 0 fully saturated rings. The van der Waals surface area contributed by atoms with Crippen molar-refractivity contribution in [1.82, 2.24) is 15.0 Å². The first-order valence-corrected chi connectivity index (χ1v) is 9.69. The molecule has 0 aliphatic carbocycles. The summed E-state index contributed by atoms with van der Waals surface area (Å²) in [5.41, 5.74) is 6.55. The fourth-order valence-corrected chi connectivity index (χ4v) is 3.41. The molecule has 1 aliphatic heterocycles. The van der Waals surface area contributed by atoms with Crippen molar-refractivity contribution in [2.24, 2.45) is 0 Å². The van der Waals surface area contributed by atoms with Crippen LogP contribution in [0, 0.1) is 13.0 Å². The van der Waals surface area contributed by atoms with Gasteiger partial charge in [-0.25, -0.2) is 0 Å². The average molecular weight is 558 g/mol. The number of para-hydroxylation sites is 1. The Bertz CT molecular complexity index is 951. The Morgan fingerprint density at radius 1 is 0.931 bits per heavy atom. The largest absolute Gasteiger partial charge is 2.00 e. The monoisotopic (exact) mass is 558 g/mol. The normalized spacial score (nSPS) is 12.4. The molecular weight excluding hydrogens is 528 g/mol. The Hall–Kier alpha value is -2.06. The van der Waals surface area contributed by atoms with E-state index in [1.807, 2.05) is 0 Å². The van der Waals surface area contributed by atoms with E-state index in [-0.39, 0.29) is 26.6 Å². The van der Waals surface area contributed by atoms with Crippen LogP contribution in [0.4, 0.5) is 5.69 Å². The minimum absolute atomic E-state index is 0. The Balaban J connectivity index is 0.000000552. The van der Waals surface area contributed by atoms with Crippen molar-refractivity contribution >= 4 is 5.69 Å². The summed E-state index contributed by atoms with van der Waals surface area (Å²) in [7, 11) is 4.05. The van der Waals surface area contributed by atoms with Gasteiger partial charge in [-0.3, -0.25) is 0 Å². The molecule has 5 heteroatoms. The molecule has 0 radical (unpaired) electrons. The standard InChI is InChI=1S/C20H21N4.C4H9.W/c1-20(2,3)24-13-14-9-5-6-10-15(14)18-19(23(4)22-21-18)16-11-7-8-12-17(16)24;1-4(2)3;/h5-12H,4,13H2,1-3H3;1-3H3;/q2*-1;+2.